The maximum absolute atomic E-state index is 6.25. The summed E-state index contributed by atoms with van der Waals surface area (Å²) in [6.07, 6.45) is 1.64. The predicted octanol–water partition coefficient (Wildman–Crippen LogP) is 1.78. The zero-order valence-corrected chi connectivity index (χ0v) is 12.9. The van der Waals surface area contributed by atoms with Crippen molar-refractivity contribution in [2.24, 2.45) is 7.05 Å². The largest absolute Gasteiger partial charge is 0.485 e. The van der Waals surface area contributed by atoms with Gasteiger partial charge in [0.1, 0.15) is 18.7 Å². The number of benzene rings is 1. The Morgan fingerprint density at radius 1 is 1.38 bits per heavy atom. The topological polar surface area (TPSA) is 61.2 Å². The second-order valence-electron chi connectivity index (χ2n) is 4.53. The van der Waals surface area contributed by atoms with Gasteiger partial charge in [-0.15, -0.1) is 10.2 Å². The molecule has 0 spiro atoms. The number of halogens is 1. The average Bonchev–Trinajstić information content (AvgIpc) is 2.88. The molecule has 0 aliphatic heterocycles. The summed E-state index contributed by atoms with van der Waals surface area (Å²) in [5.41, 5.74) is 0.928. The van der Waals surface area contributed by atoms with Gasteiger partial charge in [0.25, 0.3) is 0 Å². The van der Waals surface area contributed by atoms with Crippen LogP contribution in [0.5, 0.6) is 5.75 Å². The van der Waals surface area contributed by atoms with E-state index >= 15 is 0 Å². The minimum atomic E-state index is 0.349. The molecule has 21 heavy (non-hydrogen) atoms. The lowest BCUT2D eigenvalue weighted by molar-refractivity contribution is 0.199. The Kier molecular flexibility index (Phi) is 5.98. The number of hydrogen-bond donors (Lipinski definition) is 1. The molecule has 0 amide bonds. The van der Waals surface area contributed by atoms with Crippen molar-refractivity contribution < 1.29 is 9.47 Å². The molecule has 0 saturated carbocycles. The predicted molar refractivity (Wildman–Crippen MR) is 80.4 cm³/mol. The van der Waals surface area contributed by atoms with E-state index in [-0.39, 0.29) is 0 Å². The van der Waals surface area contributed by atoms with Crippen molar-refractivity contribution in [1.82, 2.24) is 20.1 Å². The standard InChI is InChI=1S/C14H19ClN4O2/c1-19-10-17-18-14(19)9-21-13-5-3-4-12(15)11(13)8-16-6-7-20-2/h3-5,10,16H,6-9H2,1-2H3. The molecule has 2 rings (SSSR count). The molecule has 0 radical (unpaired) electrons. The Bertz CT molecular complexity index is 574. The van der Waals surface area contributed by atoms with Crippen LogP contribution in [0.25, 0.3) is 0 Å². The van der Waals surface area contributed by atoms with Crippen LogP contribution in [0.15, 0.2) is 24.5 Å². The van der Waals surface area contributed by atoms with E-state index in [2.05, 4.69) is 15.5 Å². The van der Waals surface area contributed by atoms with Crippen molar-refractivity contribution in [1.29, 1.82) is 0 Å². The first-order valence-corrected chi connectivity index (χ1v) is 7.03. The van der Waals surface area contributed by atoms with Gasteiger partial charge in [-0.3, -0.25) is 0 Å². The molecule has 2 aromatic rings. The van der Waals surface area contributed by atoms with Gasteiger partial charge in [-0.25, -0.2) is 0 Å². The van der Waals surface area contributed by atoms with Crippen molar-refractivity contribution in [3.05, 3.63) is 40.9 Å². The Labute approximate surface area is 129 Å². The molecule has 1 aromatic heterocycles. The molecule has 0 unspecified atom stereocenters. The molecule has 0 fully saturated rings. The number of ether oxygens (including phenoxy) is 2. The van der Waals surface area contributed by atoms with E-state index in [1.165, 1.54) is 0 Å². The molecular formula is C14H19ClN4O2. The molecule has 7 heteroatoms. The maximum Gasteiger partial charge on any atom is 0.170 e. The van der Waals surface area contributed by atoms with Gasteiger partial charge in [-0.2, -0.15) is 0 Å². The lowest BCUT2D eigenvalue weighted by Crippen LogP contribution is -2.19. The third kappa shape index (κ3) is 4.42. The second-order valence-corrected chi connectivity index (χ2v) is 4.94. The number of methoxy groups -OCH3 is 1. The summed E-state index contributed by atoms with van der Waals surface area (Å²) in [6, 6.07) is 5.62. The number of hydrogen-bond acceptors (Lipinski definition) is 5. The molecule has 1 heterocycles. The first-order valence-electron chi connectivity index (χ1n) is 6.65. The molecule has 0 aliphatic rings. The van der Waals surface area contributed by atoms with Gasteiger partial charge in [-0.1, -0.05) is 17.7 Å². The van der Waals surface area contributed by atoms with Crippen LogP contribution in [0, 0.1) is 0 Å². The Morgan fingerprint density at radius 3 is 2.95 bits per heavy atom. The SMILES string of the molecule is COCCNCc1c(Cl)cccc1OCc1nncn1C. The van der Waals surface area contributed by atoms with Gasteiger partial charge in [0.05, 0.1) is 6.61 Å². The molecular weight excluding hydrogens is 292 g/mol. The van der Waals surface area contributed by atoms with Crippen LogP contribution >= 0.6 is 11.6 Å². The maximum atomic E-state index is 6.25. The third-order valence-corrected chi connectivity index (χ3v) is 3.38. The van der Waals surface area contributed by atoms with Gasteiger partial charge in [0.15, 0.2) is 5.82 Å². The summed E-state index contributed by atoms with van der Waals surface area (Å²) in [6.45, 7) is 2.38. The molecule has 0 bridgehead atoms. The average molecular weight is 311 g/mol. The van der Waals surface area contributed by atoms with Crippen molar-refractivity contribution in [3.8, 4) is 5.75 Å². The van der Waals surface area contributed by atoms with Crippen LogP contribution in [-0.2, 0) is 24.9 Å². The highest BCUT2D eigenvalue weighted by Crippen LogP contribution is 2.26. The summed E-state index contributed by atoms with van der Waals surface area (Å²) < 4.78 is 12.6. The van der Waals surface area contributed by atoms with Gasteiger partial charge in [0.2, 0.25) is 0 Å². The fourth-order valence-electron chi connectivity index (χ4n) is 1.81. The van der Waals surface area contributed by atoms with Crippen LogP contribution in [0.4, 0.5) is 0 Å². The second kappa shape index (κ2) is 7.97. The first kappa shape index (κ1) is 15.8. The number of rotatable bonds is 8. The van der Waals surface area contributed by atoms with Crippen LogP contribution in [0.1, 0.15) is 11.4 Å². The molecule has 0 atom stereocenters. The highest BCUT2D eigenvalue weighted by atomic mass is 35.5. The van der Waals surface area contributed by atoms with E-state index in [0.29, 0.717) is 24.8 Å². The van der Waals surface area contributed by atoms with Crippen LogP contribution in [0.2, 0.25) is 5.02 Å². The highest BCUT2D eigenvalue weighted by Gasteiger charge is 2.09. The summed E-state index contributed by atoms with van der Waals surface area (Å²) in [5.74, 6) is 1.50. The molecule has 6 nitrogen and oxygen atoms in total. The van der Waals surface area contributed by atoms with Crippen molar-refractivity contribution >= 4 is 11.6 Å². The first-order chi connectivity index (χ1) is 10.2. The third-order valence-electron chi connectivity index (χ3n) is 3.02. The van der Waals surface area contributed by atoms with E-state index in [9.17, 15) is 0 Å². The fourth-order valence-corrected chi connectivity index (χ4v) is 2.05. The van der Waals surface area contributed by atoms with Gasteiger partial charge in [-0.05, 0) is 12.1 Å². The summed E-state index contributed by atoms with van der Waals surface area (Å²) in [7, 11) is 3.55. The van der Waals surface area contributed by atoms with Crippen molar-refractivity contribution in [2.45, 2.75) is 13.2 Å². The lowest BCUT2D eigenvalue weighted by Gasteiger charge is -2.13. The van der Waals surface area contributed by atoms with Crippen LogP contribution in [-0.4, -0.2) is 35.0 Å². The zero-order valence-electron chi connectivity index (χ0n) is 12.2. The van der Waals surface area contributed by atoms with E-state index < -0.39 is 0 Å². The molecule has 1 N–H and O–H groups in total. The molecule has 114 valence electrons. The van der Waals surface area contributed by atoms with E-state index in [4.69, 9.17) is 21.1 Å². The van der Waals surface area contributed by atoms with E-state index in [1.54, 1.807) is 13.4 Å². The lowest BCUT2D eigenvalue weighted by atomic mass is 10.2. The Balaban J connectivity index is 2.01. The number of nitrogens with zero attached hydrogens (tertiary/aromatic N) is 3. The van der Waals surface area contributed by atoms with Crippen molar-refractivity contribution in [2.75, 3.05) is 20.3 Å². The summed E-state index contributed by atoms with van der Waals surface area (Å²) in [4.78, 5) is 0. The van der Waals surface area contributed by atoms with Gasteiger partial charge >= 0.3 is 0 Å². The number of nitrogens with one attached hydrogen (secondary N) is 1. The van der Waals surface area contributed by atoms with Gasteiger partial charge < -0.3 is 19.4 Å². The zero-order chi connectivity index (χ0) is 15.1. The van der Waals surface area contributed by atoms with Crippen molar-refractivity contribution in [3.63, 3.8) is 0 Å². The quantitative estimate of drug-likeness (QED) is 0.753. The van der Waals surface area contributed by atoms with E-state index in [1.807, 2.05) is 29.8 Å². The highest BCUT2D eigenvalue weighted by molar-refractivity contribution is 6.31. The number of aryl methyl sites for hydroxylation is 1. The minimum Gasteiger partial charge on any atom is -0.485 e. The minimum absolute atomic E-state index is 0.349. The smallest absolute Gasteiger partial charge is 0.170 e. The monoisotopic (exact) mass is 310 g/mol. The number of aromatic nitrogens is 3. The Hall–Kier alpha value is -1.63. The fraction of sp³-hybridized carbons (Fsp3) is 0.429. The Morgan fingerprint density at radius 2 is 2.24 bits per heavy atom. The normalized spacial score (nSPS) is 10.8. The van der Waals surface area contributed by atoms with Crippen LogP contribution < -0.4 is 10.1 Å². The van der Waals surface area contributed by atoms with E-state index in [0.717, 1.165) is 23.7 Å². The van der Waals surface area contributed by atoms with Crippen LogP contribution in [0.3, 0.4) is 0 Å². The molecule has 0 aliphatic carbocycles. The molecule has 1 aromatic carbocycles. The summed E-state index contributed by atoms with van der Waals surface area (Å²) >= 11 is 6.25. The van der Waals surface area contributed by atoms with Gasteiger partial charge in [0, 0.05) is 37.8 Å². The summed E-state index contributed by atoms with van der Waals surface area (Å²) in [5, 5.41) is 11.8. The molecule has 0 saturated heterocycles.